The molecule has 0 atom stereocenters. The molecule has 0 radical (unpaired) electrons. The summed E-state index contributed by atoms with van der Waals surface area (Å²) in [6.07, 6.45) is 4.14. The van der Waals surface area contributed by atoms with Crippen molar-refractivity contribution in [3.63, 3.8) is 0 Å². The predicted molar refractivity (Wildman–Crippen MR) is 175 cm³/mol. The molecule has 2 fully saturated rings. The number of imidazole rings is 1. The zero-order valence-electron chi connectivity index (χ0n) is 26.5. The first kappa shape index (κ1) is 31.5. The highest BCUT2D eigenvalue weighted by Gasteiger charge is 2.27. The first-order valence-electron chi connectivity index (χ1n) is 15.7. The third kappa shape index (κ3) is 6.99. The van der Waals surface area contributed by atoms with Crippen LogP contribution in [-0.2, 0) is 6.54 Å². The minimum absolute atomic E-state index is 0.0183. The zero-order chi connectivity index (χ0) is 32.4. The molecule has 1 amide bonds. The number of amides is 1. The van der Waals surface area contributed by atoms with E-state index in [0.29, 0.717) is 17.9 Å². The van der Waals surface area contributed by atoms with Crippen molar-refractivity contribution in [1.82, 2.24) is 24.3 Å². The molecule has 0 aliphatic carbocycles. The normalized spacial score (nSPS) is 17.5. The topological polar surface area (TPSA) is 140 Å². The van der Waals surface area contributed by atoms with Crippen molar-refractivity contribution in [3.8, 4) is 17.4 Å². The van der Waals surface area contributed by atoms with Crippen LogP contribution in [0.15, 0.2) is 59.7 Å². The van der Waals surface area contributed by atoms with Gasteiger partial charge in [0.15, 0.2) is 6.29 Å². The maximum atomic E-state index is 13.4. The summed E-state index contributed by atoms with van der Waals surface area (Å²) in [5.74, 6) is -0.581. The third-order valence-corrected chi connectivity index (χ3v) is 8.77. The summed E-state index contributed by atoms with van der Waals surface area (Å²) in [5, 5.41) is 20.8. The molecule has 0 unspecified atom stereocenters. The van der Waals surface area contributed by atoms with Gasteiger partial charge in [0.1, 0.15) is 11.5 Å². The molecule has 6 rings (SSSR count). The van der Waals surface area contributed by atoms with Gasteiger partial charge in [-0.05, 0) is 70.1 Å². The van der Waals surface area contributed by atoms with Crippen molar-refractivity contribution < 1.29 is 24.5 Å². The molecule has 46 heavy (non-hydrogen) atoms. The second-order valence-corrected chi connectivity index (χ2v) is 12.8. The molecule has 2 aliphatic heterocycles. The largest absolute Gasteiger partial charge is 0.507 e. The zero-order valence-corrected chi connectivity index (χ0v) is 26.5. The molecule has 4 aromatic rings. The Morgan fingerprint density at radius 2 is 1.85 bits per heavy atom. The van der Waals surface area contributed by atoms with Crippen molar-refractivity contribution in [2.45, 2.75) is 44.9 Å². The average molecular weight is 628 g/mol. The summed E-state index contributed by atoms with van der Waals surface area (Å²) in [7, 11) is 2.19. The number of aromatic hydroxyl groups is 1. The number of nitrogens with one attached hydrogen (secondary N) is 1. The average Bonchev–Trinajstić information content (AvgIpc) is 3.36. The Labute approximate surface area is 267 Å². The second kappa shape index (κ2) is 13.1. The number of aromatic amines is 1. The highest BCUT2D eigenvalue weighted by molar-refractivity contribution is 5.95. The van der Waals surface area contributed by atoms with E-state index in [1.165, 1.54) is 30.5 Å². The van der Waals surface area contributed by atoms with E-state index in [9.17, 15) is 19.8 Å². The molecule has 12 heteroatoms. The van der Waals surface area contributed by atoms with Crippen molar-refractivity contribution in [2.24, 2.45) is 4.99 Å². The number of hydrogen-bond acceptors (Lipinski definition) is 9. The smallest absolute Gasteiger partial charge is 0.280 e. The molecule has 0 saturated carbocycles. The van der Waals surface area contributed by atoms with Crippen LogP contribution in [0.4, 0.5) is 5.69 Å². The summed E-state index contributed by atoms with van der Waals surface area (Å²) in [4.78, 5) is 44.2. The van der Waals surface area contributed by atoms with E-state index in [1.807, 2.05) is 10.6 Å². The Balaban J connectivity index is 1.26. The highest BCUT2D eigenvalue weighted by Crippen LogP contribution is 2.30. The van der Waals surface area contributed by atoms with E-state index >= 15 is 0 Å². The van der Waals surface area contributed by atoms with Crippen LogP contribution in [0.25, 0.3) is 11.0 Å². The number of piperidine rings is 1. The van der Waals surface area contributed by atoms with Crippen LogP contribution in [0.5, 0.6) is 17.4 Å². The molecule has 3 N–H and O–H groups in total. The number of hydrogen-bond donors (Lipinski definition) is 3. The molecular formula is C34H41N7O5. The van der Waals surface area contributed by atoms with E-state index in [0.717, 1.165) is 68.8 Å². The predicted octanol–water partition coefficient (Wildman–Crippen LogP) is 3.40. The fourth-order valence-electron chi connectivity index (χ4n) is 6.27. The Hall–Kier alpha value is -4.52. The molecule has 12 nitrogen and oxygen atoms in total. The molecule has 0 bridgehead atoms. The van der Waals surface area contributed by atoms with Gasteiger partial charge >= 0.3 is 0 Å². The van der Waals surface area contributed by atoms with E-state index in [4.69, 9.17) is 4.74 Å². The summed E-state index contributed by atoms with van der Waals surface area (Å²) in [6, 6.07) is 14.2. The molecule has 2 saturated heterocycles. The number of carbonyl (C=O) groups excluding carboxylic acids is 2. The van der Waals surface area contributed by atoms with E-state index < -0.39 is 11.5 Å². The Bertz CT molecular complexity index is 1790. The maximum Gasteiger partial charge on any atom is 0.280 e. The van der Waals surface area contributed by atoms with Crippen LogP contribution in [-0.4, -0.2) is 105 Å². The summed E-state index contributed by atoms with van der Waals surface area (Å²) >= 11 is 0. The molecule has 2 aromatic heterocycles. The van der Waals surface area contributed by atoms with Crippen LogP contribution in [0, 0.1) is 0 Å². The number of likely N-dealkylation sites (N-methyl/N-ethyl adjacent to an activating group) is 1. The van der Waals surface area contributed by atoms with Crippen molar-refractivity contribution in [3.05, 3.63) is 71.5 Å². The molecule has 4 heterocycles. The standard InChI is InChI=1S/C34H41N7O5/c1-34(2,45)22-41-28-20-25(39-13-10-24(11-14-39)40-17-15-38(3)16-18-40)7-8-27(28)36-33(41)37-32(44)23-9-12-35-31(19-23)46-30-6-4-5-29(43)26(30)21-42/h4-9,12,19-21,24,43,45H,10-11,13-18,22H2,1-3H3,(H,36,37,44). The number of carbonyl (C=O) groups is 2. The van der Waals surface area contributed by atoms with Gasteiger partial charge in [0.25, 0.3) is 5.91 Å². The number of pyridine rings is 1. The van der Waals surface area contributed by atoms with Crippen LogP contribution in [0.2, 0.25) is 0 Å². The van der Waals surface area contributed by atoms with Crippen molar-refractivity contribution >= 4 is 28.9 Å². The SMILES string of the molecule is CN1CCN(C2CCN(c3ccc4[nH]/c(=N\C(=O)c5ccnc(Oc6cccc(O)c6C=O)c5)n(CC(C)(C)O)c4c3)CC2)CC1. The van der Waals surface area contributed by atoms with Crippen LogP contribution in [0.3, 0.4) is 0 Å². The second-order valence-electron chi connectivity index (χ2n) is 12.8. The summed E-state index contributed by atoms with van der Waals surface area (Å²) < 4.78 is 7.57. The minimum atomic E-state index is -1.07. The number of H-pyrrole nitrogens is 1. The molecule has 2 aromatic carbocycles. The van der Waals surface area contributed by atoms with Crippen LogP contribution >= 0.6 is 0 Å². The lowest BCUT2D eigenvalue weighted by Gasteiger charge is -2.42. The minimum Gasteiger partial charge on any atom is -0.507 e. The van der Waals surface area contributed by atoms with Gasteiger partial charge in [-0.3, -0.25) is 14.5 Å². The van der Waals surface area contributed by atoms with E-state index in [2.05, 4.69) is 48.8 Å². The number of piperazine rings is 1. The molecule has 0 spiro atoms. The monoisotopic (exact) mass is 627 g/mol. The first-order valence-corrected chi connectivity index (χ1v) is 15.7. The lowest BCUT2D eigenvalue weighted by Crippen LogP contribution is -2.52. The molecule has 2 aliphatic rings. The van der Waals surface area contributed by atoms with Gasteiger partial charge in [-0.25, -0.2) is 4.98 Å². The van der Waals surface area contributed by atoms with Crippen LogP contribution < -0.4 is 15.3 Å². The Kier molecular flexibility index (Phi) is 8.94. The number of phenolic OH excluding ortho intramolecular Hbond substituents is 1. The summed E-state index contributed by atoms with van der Waals surface area (Å²) in [6.45, 7) is 10.1. The van der Waals surface area contributed by atoms with Crippen molar-refractivity contribution in [2.75, 3.05) is 51.2 Å². The first-order chi connectivity index (χ1) is 22.1. The molecule has 242 valence electrons. The maximum absolute atomic E-state index is 13.4. The van der Waals surface area contributed by atoms with Gasteiger partial charge < -0.3 is 34.3 Å². The van der Waals surface area contributed by atoms with Gasteiger partial charge in [-0.2, -0.15) is 4.99 Å². The lowest BCUT2D eigenvalue weighted by atomic mass is 10.0. The fourth-order valence-corrected chi connectivity index (χ4v) is 6.27. The number of anilines is 1. The van der Waals surface area contributed by atoms with Gasteiger partial charge in [-0.15, -0.1) is 0 Å². The van der Waals surface area contributed by atoms with Gasteiger partial charge in [0.2, 0.25) is 11.5 Å². The number of fused-ring (bicyclic) bond motifs is 1. The number of aliphatic hydroxyl groups is 1. The number of aldehydes is 1. The van der Waals surface area contributed by atoms with E-state index in [1.54, 1.807) is 19.9 Å². The van der Waals surface area contributed by atoms with Gasteiger partial charge in [0, 0.05) is 68.8 Å². The number of benzene rings is 2. The fraction of sp³-hybridized carbons (Fsp3) is 0.412. The van der Waals surface area contributed by atoms with Gasteiger partial charge in [0.05, 0.1) is 28.7 Å². The molecular weight excluding hydrogens is 586 g/mol. The number of aromatic nitrogens is 3. The summed E-state index contributed by atoms with van der Waals surface area (Å²) in [5.41, 5.74) is 2.18. The Morgan fingerprint density at radius 3 is 2.57 bits per heavy atom. The number of phenols is 1. The lowest BCUT2D eigenvalue weighted by molar-refractivity contribution is 0.0612. The number of ether oxygens (including phenoxy) is 1. The van der Waals surface area contributed by atoms with Gasteiger partial charge in [-0.1, -0.05) is 6.07 Å². The third-order valence-electron chi connectivity index (χ3n) is 8.77. The Morgan fingerprint density at radius 1 is 1.09 bits per heavy atom. The highest BCUT2D eigenvalue weighted by atomic mass is 16.5. The number of nitrogens with zero attached hydrogens (tertiary/aromatic N) is 6. The number of rotatable bonds is 8. The van der Waals surface area contributed by atoms with E-state index in [-0.39, 0.29) is 35.1 Å². The van der Waals surface area contributed by atoms with Crippen LogP contribution in [0.1, 0.15) is 47.4 Å². The van der Waals surface area contributed by atoms with Crippen molar-refractivity contribution in [1.29, 1.82) is 0 Å². The quantitative estimate of drug-likeness (QED) is 0.251.